The van der Waals surface area contributed by atoms with Crippen molar-refractivity contribution >= 4 is 11.6 Å². The van der Waals surface area contributed by atoms with Gasteiger partial charge in [0.2, 0.25) is 0 Å². The number of aryl methyl sites for hydroxylation is 1. The third-order valence-electron chi connectivity index (χ3n) is 3.16. The van der Waals surface area contributed by atoms with E-state index in [1.54, 1.807) is 0 Å². The first kappa shape index (κ1) is 13.7. The van der Waals surface area contributed by atoms with Crippen LogP contribution in [0.2, 0.25) is 0 Å². The Labute approximate surface area is 113 Å². The number of likely N-dealkylation sites (N-methyl/N-ethyl adjacent to an activating group) is 1. The van der Waals surface area contributed by atoms with Crippen LogP contribution in [0.1, 0.15) is 36.5 Å². The fourth-order valence-electron chi connectivity index (χ4n) is 2.11. The van der Waals surface area contributed by atoms with Crippen LogP contribution in [-0.4, -0.2) is 41.6 Å². The molecule has 1 aliphatic rings. The van der Waals surface area contributed by atoms with E-state index < -0.39 is 0 Å². The molecule has 0 amide bonds. The maximum absolute atomic E-state index is 5.91. The Kier molecular flexibility index (Phi) is 4.92. The molecule has 0 radical (unpaired) electrons. The van der Waals surface area contributed by atoms with Crippen LogP contribution in [-0.2, 0) is 17.0 Å². The number of hydrogen-bond acceptors (Lipinski definition) is 4. The molecule has 1 aliphatic heterocycles. The van der Waals surface area contributed by atoms with Gasteiger partial charge in [-0.2, -0.15) is 0 Å². The van der Waals surface area contributed by atoms with Crippen LogP contribution in [0.5, 0.6) is 0 Å². The molecule has 0 aromatic carbocycles. The Balaban J connectivity index is 2.19. The summed E-state index contributed by atoms with van der Waals surface area (Å²) in [5, 5.41) is 0. The minimum Gasteiger partial charge on any atom is -0.368 e. The van der Waals surface area contributed by atoms with Crippen molar-refractivity contribution < 1.29 is 4.74 Å². The number of aromatic nitrogens is 2. The van der Waals surface area contributed by atoms with E-state index in [1.807, 2.05) is 6.20 Å². The van der Waals surface area contributed by atoms with Gasteiger partial charge in [-0.1, -0.05) is 13.3 Å². The van der Waals surface area contributed by atoms with E-state index in [-0.39, 0.29) is 6.10 Å². The van der Waals surface area contributed by atoms with Gasteiger partial charge in [-0.15, -0.1) is 11.6 Å². The van der Waals surface area contributed by atoms with Crippen LogP contribution in [0.4, 0.5) is 0 Å². The first-order valence-corrected chi connectivity index (χ1v) is 6.98. The molecule has 1 saturated heterocycles. The van der Waals surface area contributed by atoms with Gasteiger partial charge in [0.25, 0.3) is 0 Å². The third-order valence-corrected chi connectivity index (χ3v) is 3.45. The first-order valence-electron chi connectivity index (χ1n) is 6.45. The summed E-state index contributed by atoms with van der Waals surface area (Å²) in [4.78, 5) is 11.3. The van der Waals surface area contributed by atoms with Crippen molar-refractivity contribution in [3.05, 3.63) is 23.3 Å². The number of hydrogen-bond donors (Lipinski definition) is 0. The average molecular weight is 270 g/mol. The van der Waals surface area contributed by atoms with Gasteiger partial charge in [0.15, 0.2) is 5.82 Å². The molecule has 1 aromatic heterocycles. The number of alkyl halides is 1. The molecule has 0 bridgehead atoms. The lowest BCUT2D eigenvalue weighted by Gasteiger charge is -2.29. The molecule has 2 heterocycles. The molecule has 1 unspecified atom stereocenters. The molecule has 1 aromatic rings. The van der Waals surface area contributed by atoms with Crippen molar-refractivity contribution in [2.24, 2.45) is 0 Å². The van der Waals surface area contributed by atoms with Crippen molar-refractivity contribution in [2.45, 2.75) is 31.7 Å². The molecule has 1 atom stereocenters. The molecule has 2 rings (SSSR count). The van der Waals surface area contributed by atoms with E-state index in [0.29, 0.717) is 5.88 Å². The number of ether oxygens (including phenoxy) is 1. The zero-order valence-electron chi connectivity index (χ0n) is 11.0. The lowest BCUT2D eigenvalue weighted by molar-refractivity contribution is -0.0256. The van der Waals surface area contributed by atoms with Gasteiger partial charge in [-0.25, -0.2) is 9.97 Å². The molecule has 1 fully saturated rings. The maximum atomic E-state index is 5.91. The van der Waals surface area contributed by atoms with Crippen LogP contribution in [0.25, 0.3) is 0 Å². The lowest BCUT2D eigenvalue weighted by atomic mass is 10.1. The first-order chi connectivity index (χ1) is 8.74. The third kappa shape index (κ3) is 3.19. The van der Waals surface area contributed by atoms with Crippen LogP contribution in [0, 0.1) is 0 Å². The van der Waals surface area contributed by atoms with Crippen LogP contribution >= 0.6 is 11.6 Å². The normalized spacial score (nSPS) is 21.2. The fourth-order valence-corrected chi connectivity index (χ4v) is 2.33. The summed E-state index contributed by atoms with van der Waals surface area (Å²) in [6.07, 6.45) is 3.84. The molecule has 0 aliphatic carbocycles. The number of rotatable bonds is 4. The number of halogens is 1. The maximum Gasteiger partial charge on any atom is 0.158 e. The Morgan fingerprint density at radius 2 is 2.39 bits per heavy atom. The second kappa shape index (κ2) is 6.45. The molecule has 0 spiro atoms. The summed E-state index contributed by atoms with van der Waals surface area (Å²) in [5.74, 6) is 1.26. The SMILES string of the molecule is CCCc1nc(C2CN(C)CCO2)ncc1CCl. The minimum absolute atomic E-state index is 0.0104. The van der Waals surface area contributed by atoms with Crippen LogP contribution < -0.4 is 0 Å². The second-order valence-corrected chi connectivity index (χ2v) is 4.97. The van der Waals surface area contributed by atoms with Gasteiger partial charge in [0.05, 0.1) is 12.5 Å². The predicted molar refractivity (Wildman–Crippen MR) is 71.8 cm³/mol. The summed E-state index contributed by atoms with van der Waals surface area (Å²) in [6, 6.07) is 0. The molecule has 100 valence electrons. The van der Waals surface area contributed by atoms with Gasteiger partial charge >= 0.3 is 0 Å². The average Bonchev–Trinajstić information content (AvgIpc) is 2.39. The van der Waals surface area contributed by atoms with Gasteiger partial charge in [-0.05, 0) is 13.5 Å². The molecule has 18 heavy (non-hydrogen) atoms. The highest BCUT2D eigenvalue weighted by molar-refractivity contribution is 6.17. The number of nitrogens with zero attached hydrogens (tertiary/aromatic N) is 3. The van der Waals surface area contributed by atoms with Crippen molar-refractivity contribution in [1.29, 1.82) is 0 Å². The van der Waals surface area contributed by atoms with E-state index >= 15 is 0 Å². The summed E-state index contributed by atoms with van der Waals surface area (Å²) in [5.41, 5.74) is 2.10. The Hall–Kier alpha value is -0.710. The van der Waals surface area contributed by atoms with E-state index in [2.05, 4.69) is 28.8 Å². The summed E-state index contributed by atoms with van der Waals surface area (Å²) in [7, 11) is 2.09. The molecular formula is C13H20ClN3O. The van der Waals surface area contributed by atoms with E-state index in [4.69, 9.17) is 16.3 Å². The second-order valence-electron chi connectivity index (χ2n) is 4.71. The fraction of sp³-hybridized carbons (Fsp3) is 0.692. The zero-order valence-corrected chi connectivity index (χ0v) is 11.8. The van der Waals surface area contributed by atoms with E-state index in [0.717, 1.165) is 49.6 Å². The van der Waals surface area contributed by atoms with Crippen molar-refractivity contribution in [1.82, 2.24) is 14.9 Å². The van der Waals surface area contributed by atoms with Crippen molar-refractivity contribution in [3.8, 4) is 0 Å². The van der Waals surface area contributed by atoms with Gasteiger partial charge in [-0.3, -0.25) is 0 Å². The largest absolute Gasteiger partial charge is 0.368 e. The van der Waals surface area contributed by atoms with E-state index in [1.165, 1.54) is 0 Å². The molecular weight excluding hydrogens is 250 g/mol. The molecule has 4 nitrogen and oxygen atoms in total. The quantitative estimate of drug-likeness (QED) is 0.786. The van der Waals surface area contributed by atoms with Gasteiger partial charge in [0, 0.05) is 30.5 Å². The summed E-state index contributed by atoms with van der Waals surface area (Å²) >= 11 is 5.91. The van der Waals surface area contributed by atoms with Gasteiger partial charge < -0.3 is 9.64 Å². The Bertz CT molecular complexity index is 400. The number of morpholine rings is 1. The smallest absolute Gasteiger partial charge is 0.158 e. The lowest BCUT2D eigenvalue weighted by Crippen LogP contribution is -2.36. The Morgan fingerprint density at radius 3 is 3.06 bits per heavy atom. The van der Waals surface area contributed by atoms with Crippen LogP contribution in [0.3, 0.4) is 0 Å². The molecule has 5 heteroatoms. The Morgan fingerprint density at radius 1 is 1.56 bits per heavy atom. The van der Waals surface area contributed by atoms with E-state index in [9.17, 15) is 0 Å². The minimum atomic E-state index is -0.0104. The zero-order chi connectivity index (χ0) is 13.0. The van der Waals surface area contributed by atoms with Gasteiger partial charge in [0.1, 0.15) is 6.10 Å². The summed E-state index contributed by atoms with van der Waals surface area (Å²) < 4.78 is 5.74. The topological polar surface area (TPSA) is 38.2 Å². The van der Waals surface area contributed by atoms with Crippen molar-refractivity contribution in [3.63, 3.8) is 0 Å². The molecule has 0 saturated carbocycles. The predicted octanol–water partition coefficient (Wildman–Crippen LogP) is 2.17. The standard InChI is InChI=1S/C13H20ClN3O/c1-3-4-11-10(7-14)8-15-13(16-11)12-9-17(2)5-6-18-12/h8,12H,3-7,9H2,1-2H3. The highest BCUT2D eigenvalue weighted by atomic mass is 35.5. The highest BCUT2D eigenvalue weighted by Gasteiger charge is 2.22. The highest BCUT2D eigenvalue weighted by Crippen LogP contribution is 2.20. The summed E-state index contributed by atoms with van der Waals surface area (Å²) in [6.45, 7) is 4.71. The van der Waals surface area contributed by atoms with Crippen molar-refractivity contribution in [2.75, 3.05) is 26.7 Å². The monoisotopic (exact) mass is 269 g/mol. The molecule has 0 N–H and O–H groups in total. The van der Waals surface area contributed by atoms with Crippen LogP contribution in [0.15, 0.2) is 6.20 Å².